The lowest BCUT2D eigenvalue weighted by Gasteiger charge is -2.39. The smallest absolute Gasteiger partial charge is 0.0855 e. The number of likely N-dealkylation sites (N-methyl/N-ethyl adjacent to an activating group) is 1. The molecule has 0 radical (unpaired) electrons. The molecule has 1 aromatic heterocycles. The third-order valence-electron chi connectivity index (χ3n) is 4.97. The minimum absolute atomic E-state index is 0.326. The molecule has 0 saturated carbocycles. The van der Waals surface area contributed by atoms with Gasteiger partial charge in [-0.25, -0.2) is 0 Å². The number of nitrogens with zero attached hydrogens (tertiary/aromatic N) is 3. The fraction of sp³-hybridized carbons (Fsp3) is 0.812. The Bertz CT molecular complexity index is 447. The predicted molar refractivity (Wildman–Crippen MR) is 83.3 cm³/mol. The van der Waals surface area contributed by atoms with Gasteiger partial charge < -0.3 is 10.1 Å². The maximum absolute atomic E-state index is 6.18. The van der Waals surface area contributed by atoms with Crippen LogP contribution >= 0.6 is 0 Å². The number of aryl methyl sites for hydroxylation is 2. The van der Waals surface area contributed by atoms with Crippen LogP contribution in [0, 0.1) is 0 Å². The summed E-state index contributed by atoms with van der Waals surface area (Å²) in [6.45, 7) is 6.44. The van der Waals surface area contributed by atoms with E-state index in [0.717, 1.165) is 32.5 Å². The summed E-state index contributed by atoms with van der Waals surface area (Å²) in [5.41, 5.74) is 1.30. The van der Waals surface area contributed by atoms with E-state index in [-0.39, 0.29) is 0 Å². The summed E-state index contributed by atoms with van der Waals surface area (Å²) in [7, 11) is 2.02. The van der Waals surface area contributed by atoms with Crippen molar-refractivity contribution in [3.63, 3.8) is 0 Å². The van der Waals surface area contributed by atoms with E-state index < -0.39 is 0 Å². The fourth-order valence-corrected chi connectivity index (χ4v) is 3.72. The molecular formula is C16H28N4O. The summed E-state index contributed by atoms with van der Waals surface area (Å²) in [6.07, 6.45) is 7.01. The standard InChI is InChI=1S/C16H28N4O/c1-3-17-15(7-6-13-8-9-18-19(13)2)16-11-20-10-4-5-14(20)12-21-16/h8-9,14-17H,3-7,10-12H2,1-2H3. The van der Waals surface area contributed by atoms with Crippen LogP contribution in [0.2, 0.25) is 0 Å². The number of fused-ring (bicyclic) bond motifs is 1. The lowest BCUT2D eigenvalue weighted by atomic mass is 10.0. The van der Waals surface area contributed by atoms with Crippen LogP contribution in [0.3, 0.4) is 0 Å². The molecule has 0 aromatic carbocycles. The molecule has 0 bridgehead atoms. The normalized spacial score (nSPS) is 27.7. The Morgan fingerprint density at radius 3 is 3.19 bits per heavy atom. The maximum Gasteiger partial charge on any atom is 0.0855 e. The largest absolute Gasteiger partial charge is 0.374 e. The number of nitrogens with one attached hydrogen (secondary N) is 1. The molecule has 3 atom stereocenters. The predicted octanol–water partition coefficient (Wildman–Crippen LogP) is 1.19. The van der Waals surface area contributed by atoms with Crippen molar-refractivity contribution in [3.05, 3.63) is 18.0 Å². The van der Waals surface area contributed by atoms with Crippen molar-refractivity contribution in [2.24, 2.45) is 7.05 Å². The molecule has 2 aliphatic heterocycles. The molecule has 2 saturated heterocycles. The van der Waals surface area contributed by atoms with Crippen LogP contribution in [0.5, 0.6) is 0 Å². The molecule has 3 rings (SSSR count). The Morgan fingerprint density at radius 2 is 2.43 bits per heavy atom. The van der Waals surface area contributed by atoms with Gasteiger partial charge in [0.25, 0.3) is 0 Å². The van der Waals surface area contributed by atoms with E-state index in [1.54, 1.807) is 0 Å². The summed E-state index contributed by atoms with van der Waals surface area (Å²) in [6, 6.07) is 3.23. The Hall–Kier alpha value is -0.910. The van der Waals surface area contributed by atoms with Gasteiger partial charge in [-0.3, -0.25) is 9.58 Å². The van der Waals surface area contributed by atoms with Crippen LogP contribution in [0.25, 0.3) is 0 Å². The van der Waals surface area contributed by atoms with Crippen molar-refractivity contribution < 1.29 is 4.74 Å². The monoisotopic (exact) mass is 292 g/mol. The molecule has 0 aliphatic carbocycles. The summed E-state index contributed by atoms with van der Waals surface area (Å²) in [5.74, 6) is 0. The van der Waals surface area contributed by atoms with Gasteiger partial charge in [0.05, 0.1) is 12.7 Å². The van der Waals surface area contributed by atoms with Gasteiger partial charge in [-0.05, 0) is 44.8 Å². The van der Waals surface area contributed by atoms with Crippen LogP contribution in [0.4, 0.5) is 0 Å². The third-order valence-corrected chi connectivity index (χ3v) is 4.97. The fourth-order valence-electron chi connectivity index (χ4n) is 3.72. The highest BCUT2D eigenvalue weighted by atomic mass is 16.5. The minimum atomic E-state index is 0.326. The highest BCUT2D eigenvalue weighted by Crippen LogP contribution is 2.24. The van der Waals surface area contributed by atoms with E-state index >= 15 is 0 Å². The van der Waals surface area contributed by atoms with Gasteiger partial charge in [0, 0.05) is 37.6 Å². The van der Waals surface area contributed by atoms with Crippen molar-refractivity contribution in [2.75, 3.05) is 26.2 Å². The second-order valence-corrected chi connectivity index (χ2v) is 6.31. The average Bonchev–Trinajstić information content (AvgIpc) is 3.11. The molecule has 1 N–H and O–H groups in total. The molecule has 2 fully saturated rings. The van der Waals surface area contributed by atoms with E-state index in [4.69, 9.17) is 4.74 Å². The highest BCUT2D eigenvalue weighted by molar-refractivity contribution is 5.01. The van der Waals surface area contributed by atoms with E-state index in [2.05, 4.69) is 28.3 Å². The van der Waals surface area contributed by atoms with E-state index in [9.17, 15) is 0 Å². The molecular weight excluding hydrogens is 264 g/mol. The molecule has 2 aliphatic rings. The second-order valence-electron chi connectivity index (χ2n) is 6.31. The van der Waals surface area contributed by atoms with Gasteiger partial charge >= 0.3 is 0 Å². The van der Waals surface area contributed by atoms with Gasteiger partial charge in [-0.15, -0.1) is 0 Å². The first-order valence-corrected chi connectivity index (χ1v) is 8.34. The number of hydrogen-bond donors (Lipinski definition) is 1. The van der Waals surface area contributed by atoms with Gasteiger partial charge in [-0.2, -0.15) is 5.10 Å². The zero-order chi connectivity index (χ0) is 14.7. The Balaban J connectivity index is 1.57. The highest BCUT2D eigenvalue weighted by Gasteiger charge is 2.35. The molecule has 5 nitrogen and oxygen atoms in total. The molecule has 3 heterocycles. The summed E-state index contributed by atoms with van der Waals surface area (Å²) in [5, 5.41) is 7.89. The number of morpholine rings is 1. The molecule has 3 unspecified atom stereocenters. The van der Waals surface area contributed by atoms with Gasteiger partial charge in [0.2, 0.25) is 0 Å². The Kier molecular flexibility index (Phi) is 4.93. The SMILES string of the molecule is CCNC(CCc1ccnn1C)C1CN2CCCC2CO1. The van der Waals surface area contributed by atoms with E-state index in [0.29, 0.717) is 18.2 Å². The molecule has 1 aromatic rings. The Labute approximate surface area is 127 Å². The van der Waals surface area contributed by atoms with Crippen molar-refractivity contribution in [1.29, 1.82) is 0 Å². The van der Waals surface area contributed by atoms with Crippen LogP contribution in [0.1, 0.15) is 31.9 Å². The van der Waals surface area contributed by atoms with Crippen molar-refractivity contribution >= 4 is 0 Å². The first kappa shape index (κ1) is 15.0. The lowest BCUT2D eigenvalue weighted by Crippen LogP contribution is -2.54. The van der Waals surface area contributed by atoms with Crippen LogP contribution in [-0.4, -0.2) is 59.1 Å². The van der Waals surface area contributed by atoms with Crippen molar-refractivity contribution in [1.82, 2.24) is 20.0 Å². The van der Waals surface area contributed by atoms with Gasteiger partial charge in [-0.1, -0.05) is 6.92 Å². The summed E-state index contributed by atoms with van der Waals surface area (Å²) in [4.78, 5) is 2.63. The number of aromatic nitrogens is 2. The number of hydrogen-bond acceptors (Lipinski definition) is 4. The quantitative estimate of drug-likeness (QED) is 0.855. The summed E-state index contributed by atoms with van der Waals surface area (Å²) < 4.78 is 8.15. The number of ether oxygens (including phenoxy) is 1. The molecule has 21 heavy (non-hydrogen) atoms. The zero-order valence-electron chi connectivity index (χ0n) is 13.3. The van der Waals surface area contributed by atoms with Crippen LogP contribution < -0.4 is 5.32 Å². The lowest BCUT2D eigenvalue weighted by molar-refractivity contribution is -0.0653. The minimum Gasteiger partial charge on any atom is -0.374 e. The van der Waals surface area contributed by atoms with E-state index in [1.807, 2.05) is 17.9 Å². The van der Waals surface area contributed by atoms with E-state index in [1.165, 1.54) is 25.1 Å². The van der Waals surface area contributed by atoms with Gasteiger partial charge in [0.1, 0.15) is 0 Å². The summed E-state index contributed by atoms with van der Waals surface area (Å²) >= 11 is 0. The van der Waals surface area contributed by atoms with Crippen molar-refractivity contribution in [2.45, 2.75) is 50.8 Å². The molecule has 5 heteroatoms. The average molecular weight is 292 g/mol. The molecule has 118 valence electrons. The van der Waals surface area contributed by atoms with Crippen LogP contribution in [-0.2, 0) is 18.2 Å². The van der Waals surface area contributed by atoms with Gasteiger partial charge in [0.15, 0.2) is 0 Å². The third kappa shape index (κ3) is 3.47. The first-order valence-electron chi connectivity index (χ1n) is 8.34. The molecule has 0 spiro atoms. The topological polar surface area (TPSA) is 42.3 Å². The zero-order valence-corrected chi connectivity index (χ0v) is 13.3. The Morgan fingerprint density at radius 1 is 1.52 bits per heavy atom. The van der Waals surface area contributed by atoms with Crippen molar-refractivity contribution in [3.8, 4) is 0 Å². The second kappa shape index (κ2) is 6.90. The maximum atomic E-state index is 6.18. The molecule has 0 amide bonds. The van der Waals surface area contributed by atoms with Crippen LogP contribution in [0.15, 0.2) is 12.3 Å². The number of rotatable bonds is 6. The first-order chi connectivity index (χ1) is 10.3.